The van der Waals surface area contributed by atoms with E-state index >= 15 is 0 Å². The molecular formula is C14H17ClFNO2. The molecule has 19 heavy (non-hydrogen) atoms. The Morgan fingerprint density at radius 3 is 2.89 bits per heavy atom. The lowest BCUT2D eigenvalue weighted by Crippen LogP contribution is -2.44. The first-order chi connectivity index (χ1) is 9.04. The van der Waals surface area contributed by atoms with Crippen LogP contribution in [-0.4, -0.2) is 36.4 Å². The Bertz CT molecular complexity index is 481. The molecule has 0 radical (unpaired) electrons. The number of amides is 1. The van der Waals surface area contributed by atoms with Gasteiger partial charge in [0.15, 0.2) is 0 Å². The van der Waals surface area contributed by atoms with Crippen LogP contribution in [0.15, 0.2) is 18.2 Å². The Balaban J connectivity index is 2.25. The van der Waals surface area contributed by atoms with E-state index in [0.717, 1.165) is 6.42 Å². The lowest BCUT2D eigenvalue weighted by molar-refractivity contribution is 0.0693. The number of benzene rings is 1. The maximum absolute atomic E-state index is 13.9. The van der Waals surface area contributed by atoms with Crippen LogP contribution in [-0.2, 0) is 0 Å². The van der Waals surface area contributed by atoms with Crippen LogP contribution in [0.4, 0.5) is 4.39 Å². The summed E-state index contributed by atoms with van der Waals surface area (Å²) < 4.78 is 18.9. The highest BCUT2D eigenvalue weighted by Crippen LogP contribution is 2.27. The number of hydrogen-bond donors (Lipinski definition) is 0. The zero-order valence-electron chi connectivity index (χ0n) is 11.0. The van der Waals surface area contributed by atoms with Crippen molar-refractivity contribution in [1.29, 1.82) is 0 Å². The van der Waals surface area contributed by atoms with Gasteiger partial charge in [0.25, 0.3) is 5.91 Å². The molecule has 1 aliphatic rings. The van der Waals surface area contributed by atoms with Crippen molar-refractivity contribution in [3.05, 3.63) is 29.6 Å². The summed E-state index contributed by atoms with van der Waals surface area (Å²) in [6.07, 6.45) is 0.830. The van der Waals surface area contributed by atoms with E-state index in [1.54, 1.807) is 11.0 Å². The summed E-state index contributed by atoms with van der Waals surface area (Å²) in [4.78, 5) is 14.0. The first-order valence-electron chi connectivity index (χ1n) is 6.30. The molecule has 2 unspecified atom stereocenters. The summed E-state index contributed by atoms with van der Waals surface area (Å²) in [5.74, 6) is -0.287. The van der Waals surface area contributed by atoms with Crippen molar-refractivity contribution < 1.29 is 13.9 Å². The average Bonchev–Trinajstić information content (AvgIpc) is 2.40. The largest absolute Gasteiger partial charge is 0.496 e. The minimum absolute atomic E-state index is 0.0107. The number of carbonyl (C=O) groups excluding carboxylic acids is 1. The van der Waals surface area contributed by atoms with E-state index in [2.05, 4.69) is 6.92 Å². The monoisotopic (exact) mass is 285 g/mol. The van der Waals surface area contributed by atoms with Crippen LogP contribution in [0.3, 0.4) is 0 Å². The number of alkyl halides is 1. The van der Waals surface area contributed by atoms with Crippen LogP contribution in [0.2, 0.25) is 0 Å². The Kier molecular flexibility index (Phi) is 4.30. The van der Waals surface area contributed by atoms with Crippen molar-refractivity contribution in [2.75, 3.05) is 20.2 Å². The van der Waals surface area contributed by atoms with Gasteiger partial charge in [-0.2, -0.15) is 0 Å². The summed E-state index contributed by atoms with van der Waals surface area (Å²) in [7, 11) is 1.42. The third kappa shape index (κ3) is 2.84. The topological polar surface area (TPSA) is 29.5 Å². The minimum atomic E-state index is -0.561. The normalized spacial score (nSPS) is 23.3. The maximum atomic E-state index is 13.9. The molecule has 1 saturated heterocycles. The van der Waals surface area contributed by atoms with Crippen molar-refractivity contribution in [1.82, 2.24) is 4.90 Å². The third-order valence-electron chi connectivity index (χ3n) is 3.56. The number of rotatable bonds is 2. The molecule has 1 heterocycles. The van der Waals surface area contributed by atoms with Crippen LogP contribution in [0.5, 0.6) is 5.75 Å². The zero-order chi connectivity index (χ0) is 14.0. The second-order valence-corrected chi connectivity index (χ2v) is 5.41. The molecule has 2 atom stereocenters. The van der Waals surface area contributed by atoms with Gasteiger partial charge >= 0.3 is 0 Å². The van der Waals surface area contributed by atoms with Crippen molar-refractivity contribution in [3.8, 4) is 5.75 Å². The van der Waals surface area contributed by atoms with Crippen molar-refractivity contribution in [2.45, 2.75) is 18.7 Å². The summed E-state index contributed by atoms with van der Waals surface area (Å²) in [5.41, 5.74) is -0.0107. The van der Waals surface area contributed by atoms with E-state index in [1.807, 2.05) is 0 Å². The van der Waals surface area contributed by atoms with E-state index < -0.39 is 5.82 Å². The average molecular weight is 286 g/mol. The predicted octanol–water partition coefficient (Wildman–Crippen LogP) is 2.92. The molecule has 0 bridgehead atoms. The molecular weight excluding hydrogens is 269 g/mol. The molecule has 1 aromatic rings. The summed E-state index contributed by atoms with van der Waals surface area (Å²) in [5, 5.41) is -0.0875. The quantitative estimate of drug-likeness (QED) is 0.782. The van der Waals surface area contributed by atoms with Gasteiger partial charge in [-0.15, -0.1) is 11.6 Å². The molecule has 1 aliphatic heterocycles. The summed E-state index contributed by atoms with van der Waals surface area (Å²) >= 11 is 6.19. The molecule has 0 spiro atoms. The molecule has 0 saturated carbocycles. The lowest BCUT2D eigenvalue weighted by atomic mass is 9.98. The molecule has 1 aromatic carbocycles. The minimum Gasteiger partial charge on any atom is -0.496 e. The Morgan fingerprint density at radius 1 is 1.53 bits per heavy atom. The van der Waals surface area contributed by atoms with Gasteiger partial charge in [-0.05, 0) is 24.5 Å². The molecule has 1 amide bonds. The number of nitrogens with zero attached hydrogens (tertiary/aromatic N) is 1. The molecule has 5 heteroatoms. The highest BCUT2D eigenvalue weighted by Gasteiger charge is 2.30. The van der Waals surface area contributed by atoms with Crippen molar-refractivity contribution >= 4 is 17.5 Å². The van der Waals surface area contributed by atoms with Crippen molar-refractivity contribution in [2.24, 2.45) is 5.92 Å². The number of carbonyl (C=O) groups is 1. The molecule has 2 rings (SSSR count). The number of hydrogen-bond acceptors (Lipinski definition) is 2. The van der Waals surface area contributed by atoms with Crippen LogP contribution in [0.25, 0.3) is 0 Å². The van der Waals surface area contributed by atoms with Gasteiger partial charge in [0.05, 0.1) is 12.5 Å². The highest BCUT2D eigenvalue weighted by molar-refractivity contribution is 6.21. The van der Waals surface area contributed by atoms with Gasteiger partial charge in [-0.1, -0.05) is 13.0 Å². The zero-order valence-corrected chi connectivity index (χ0v) is 11.8. The second kappa shape index (κ2) is 5.78. The molecule has 3 nitrogen and oxygen atoms in total. The molecule has 0 N–H and O–H groups in total. The van der Waals surface area contributed by atoms with Gasteiger partial charge in [0, 0.05) is 13.1 Å². The number of piperidine rings is 1. The fourth-order valence-corrected chi connectivity index (χ4v) is 2.54. The lowest BCUT2D eigenvalue weighted by Gasteiger charge is -2.34. The second-order valence-electron chi connectivity index (χ2n) is 4.85. The van der Waals surface area contributed by atoms with Gasteiger partial charge < -0.3 is 9.64 Å². The van der Waals surface area contributed by atoms with E-state index in [-0.39, 0.29) is 22.6 Å². The fourth-order valence-electron chi connectivity index (χ4n) is 2.25. The van der Waals surface area contributed by atoms with E-state index in [0.29, 0.717) is 19.0 Å². The number of halogens is 2. The number of likely N-dealkylation sites (tertiary alicyclic amines) is 1. The van der Waals surface area contributed by atoms with Crippen LogP contribution in [0.1, 0.15) is 23.7 Å². The summed E-state index contributed by atoms with van der Waals surface area (Å²) in [6, 6.07) is 4.37. The summed E-state index contributed by atoms with van der Waals surface area (Å²) in [6.45, 7) is 3.10. The maximum Gasteiger partial charge on any atom is 0.260 e. The van der Waals surface area contributed by atoms with Gasteiger partial charge in [-0.3, -0.25) is 4.79 Å². The van der Waals surface area contributed by atoms with Gasteiger partial charge in [0.1, 0.15) is 17.1 Å². The number of methoxy groups -OCH3 is 1. The van der Waals surface area contributed by atoms with Crippen LogP contribution in [0, 0.1) is 11.7 Å². The van der Waals surface area contributed by atoms with Crippen molar-refractivity contribution in [3.63, 3.8) is 0 Å². The van der Waals surface area contributed by atoms with Gasteiger partial charge in [-0.25, -0.2) is 4.39 Å². The predicted molar refractivity (Wildman–Crippen MR) is 72.3 cm³/mol. The highest BCUT2D eigenvalue weighted by atomic mass is 35.5. The first kappa shape index (κ1) is 14.1. The molecule has 1 fully saturated rings. The van der Waals surface area contributed by atoms with Gasteiger partial charge in [0.2, 0.25) is 0 Å². The SMILES string of the molecule is COc1cccc(F)c1C(=O)N1CCC(C)C(Cl)C1. The molecule has 0 aliphatic carbocycles. The molecule has 0 aromatic heterocycles. The van der Waals surface area contributed by atoms with E-state index in [1.165, 1.54) is 19.2 Å². The van der Waals surface area contributed by atoms with Crippen LogP contribution < -0.4 is 4.74 Å². The molecule has 104 valence electrons. The third-order valence-corrected chi connectivity index (χ3v) is 4.13. The standard InChI is InChI=1S/C14H17ClFNO2/c1-9-6-7-17(8-10(9)15)14(18)13-11(16)4-3-5-12(13)19-2/h3-5,9-10H,6-8H2,1-2H3. The van der Waals surface area contributed by atoms with E-state index in [4.69, 9.17) is 16.3 Å². The number of ether oxygens (including phenoxy) is 1. The Morgan fingerprint density at radius 2 is 2.26 bits per heavy atom. The smallest absolute Gasteiger partial charge is 0.260 e. The Labute approximate surface area is 117 Å². The van der Waals surface area contributed by atoms with E-state index in [9.17, 15) is 9.18 Å². The van der Waals surface area contributed by atoms with Crippen LogP contribution >= 0.6 is 11.6 Å². The first-order valence-corrected chi connectivity index (χ1v) is 6.74. The Hall–Kier alpha value is -1.29. The fraction of sp³-hybridized carbons (Fsp3) is 0.500.